The third kappa shape index (κ3) is 3.88. The van der Waals surface area contributed by atoms with E-state index in [-0.39, 0.29) is 19.0 Å². The van der Waals surface area contributed by atoms with Gasteiger partial charge in [0.2, 0.25) is 5.91 Å². The number of rotatable bonds is 6. The number of hydrogen-bond acceptors (Lipinski definition) is 6. The zero-order valence-corrected chi connectivity index (χ0v) is 12.3. The lowest BCUT2D eigenvalue weighted by Crippen LogP contribution is -2.30. The number of nitrogens with zero attached hydrogens (tertiary/aromatic N) is 5. The number of amides is 1. The Morgan fingerprint density at radius 3 is 2.78 bits per heavy atom. The fourth-order valence-electron chi connectivity index (χ4n) is 1.98. The molecule has 8 nitrogen and oxygen atoms in total. The molecule has 2 heterocycles. The molecular formula is C15H15N7O. The van der Waals surface area contributed by atoms with E-state index in [9.17, 15) is 4.79 Å². The Morgan fingerprint density at radius 2 is 2.00 bits per heavy atom. The summed E-state index contributed by atoms with van der Waals surface area (Å²) >= 11 is 0. The van der Waals surface area contributed by atoms with E-state index in [1.165, 1.54) is 0 Å². The summed E-state index contributed by atoms with van der Waals surface area (Å²) in [6.07, 6.45) is 3.33. The van der Waals surface area contributed by atoms with Crippen LogP contribution in [0.1, 0.15) is 5.82 Å². The summed E-state index contributed by atoms with van der Waals surface area (Å²) in [5.41, 5.74) is 1.63. The summed E-state index contributed by atoms with van der Waals surface area (Å²) in [6.45, 7) is 0.397. The molecule has 0 saturated carbocycles. The second kappa shape index (κ2) is 7.12. The summed E-state index contributed by atoms with van der Waals surface area (Å²) < 4.78 is 1.59. The van der Waals surface area contributed by atoms with Crippen LogP contribution in [-0.4, -0.2) is 37.6 Å². The van der Waals surface area contributed by atoms with Gasteiger partial charge in [-0.2, -0.15) is 4.68 Å². The molecule has 1 aromatic carbocycles. The third-order valence-corrected chi connectivity index (χ3v) is 3.09. The normalized spacial score (nSPS) is 10.3. The molecule has 0 spiro atoms. The average molecular weight is 309 g/mol. The van der Waals surface area contributed by atoms with Crippen molar-refractivity contribution in [2.75, 3.05) is 11.9 Å². The summed E-state index contributed by atoms with van der Waals surface area (Å²) in [7, 11) is 0. The maximum atomic E-state index is 11.9. The summed E-state index contributed by atoms with van der Waals surface area (Å²) in [6, 6.07) is 13.1. The van der Waals surface area contributed by atoms with Gasteiger partial charge in [-0.25, -0.2) is 0 Å². The van der Waals surface area contributed by atoms with Crippen LogP contribution >= 0.6 is 0 Å². The smallest absolute Gasteiger partial charge is 0.239 e. The Kier molecular flexibility index (Phi) is 4.53. The first-order valence-electron chi connectivity index (χ1n) is 7.06. The number of benzene rings is 1. The largest absolute Gasteiger partial charge is 0.375 e. The highest BCUT2D eigenvalue weighted by Crippen LogP contribution is 2.06. The van der Waals surface area contributed by atoms with Crippen molar-refractivity contribution in [1.82, 2.24) is 30.5 Å². The highest BCUT2D eigenvalue weighted by molar-refractivity contribution is 5.80. The van der Waals surface area contributed by atoms with Crippen molar-refractivity contribution in [3.63, 3.8) is 0 Å². The number of nitrogens with one attached hydrogen (secondary N) is 2. The molecule has 0 atom stereocenters. The van der Waals surface area contributed by atoms with Gasteiger partial charge in [-0.1, -0.05) is 18.2 Å². The summed E-state index contributed by atoms with van der Waals surface area (Å²) in [4.78, 5) is 15.9. The molecule has 0 unspecified atom stereocenters. The predicted octanol–water partition coefficient (Wildman–Crippen LogP) is 0.786. The number of carbonyl (C=O) groups excluding carboxylic acids is 1. The van der Waals surface area contributed by atoms with Gasteiger partial charge in [-0.3, -0.25) is 9.78 Å². The zero-order chi connectivity index (χ0) is 15.9. The Hall–Kier alpha value is -3.29. The Balaban J connectivity index is 1.55. The van der Waals surface area contributed by atoms with E-state index in [1.54, 1.807) is 23.1 Å². The monoisotopic (exact) mass is 309 g/mol. The number of hydrogen-bond donors (Lipinski definition) is 2. The van der Waals surface area contributed by atoms with Crippen LogP contribution in [-0.2, 0) is 11.3 Å². The Morgan fingerprint density at radius 1 is 1.13 bits per heavy atom. The second-order valence-corrected chi connectivity index (χ2v) is 4.71. The van der Waals surface area contributed by atoms with Crippen molar-refractivity contribution >= 4 is 11.6 Å². The number of tetrazole rings is 1. The van der Waals surface area contributed by atoms with Gasteiger partial charge in [0, 0.05) is 12.4 Å². The van der Waals surface area contributed by atoms with Gasteiger partial charge in [-0.05, 0) is 34.7 Å². The second-order valence-electron chi connectivity index (χ2n) is 4.71. The average Bonchev–Trinajstić information content (AvgIpc) is 3.08. The van der Waals surface area contributed by atoms with Crippen LogP contribution < -0.4 is 10.6 Å². The van der Waals surface area contributed by atoms with Crippen LogP contribution in [0.3, 0.4) is 0 Å². The van der Waals surface area contributed by atoms with Gasteiger partial charge in [0.15, 0.2) is 5.82 Å². The zero-order valence-electron chi connectivity index (χ0n) is 12.3. The molecule has 0 radical (unpaired) electrons. The third-order valence-electron chi connectivity index (χ3n) is 3.09. The van der Waals surface area contributed by atoms with E-state index in [4.69, 9.17) is 0 Å². The van der Waals surface area contributed by atoms with Gasteiger partial charge in [0.25, 0.3) is 0 Å². The van der Waals surface area contributed by atoms with Crippen LogP contribution in [0.2, 0.25) is 0 Å². The molecule has 8 heteroatoms. The number of pyridine rings is 1. The van der Waals surface area contributed by atoms with E-state index in [0.717, 1.165) is 11.4 Å². The van der Waals surface area contributed by atoms with Crippen LogP contribution in [0, 0.1) is 0 Å². The number of carbonyl (C=O) groups is 1. The molecule has 1 amide bonds. The first kappa shape index (κ1) is 14.6. The molecule has 2 N–H and O–H groups in total. The SMILES string of the molecule is O=C(CNc1cccnc1)NCc1nnnn1-c1ccccc1. The molecule has 0 bridgehead atoms. The van der Waals surface area contributed by atoms with Crippen molar-refractivity contribution in [1.29, 1.82) is 0 Å². The molecule has 0 aliphatic carbocycles. The first-order valence-corrected chi connectivity index (χ1v) is 7.06. The number of aromatic nitrogens is 5. The molecule has 0 aliphatic heterocycles. The quantitative estimate of drug-likeness (QED) is 0.698. The standard InChI is InChI=1S/C15H15N7O/c23-15(11-17-12-5-4-8-16-9-12)18-10-14-19-20-21-22(14)13-6-2-1-3-7-13/h1-9,17H,10-11H2,(H,18,23). The van der Waals surface area contributed by atoms with Crippen molar-refractivity contribution in [3.8, 4) is 5.69 Å². The molecule has 0 saturated heterocycles. The van der Waals surface area contributed by atoms with Crippen LogP contribution in [0.5, 0.6) is 0 Å². The summed E-state index contributed by atoms with van der Waals surface area (Å²) in [5, 5.41) is 17.3. The molecule has 3 aromatic rings. The summed E-state index contributed by atoms with van der Waals surface area (Å²) in [5.74, 6) is 0.405. The van der Waals surface area contributed by atoms with Gasteiger partial charge < -0.3 is 10.6 Å². The number of anilines is 1. The van der Waals surface area contributed by atoms with Gasteiger partial charge in [-0.15, -0.1) is 5.10 Å². The highest BCUT2D eigenvalue weighted by Gasteiger charge is 2.09. The van der Waals surface area contributed by atoms with E-state index in [2.05, 4.69) is 31.1 Å². The molecule has 2 aromatic heterocycles. The van der Waals surface area contributed by atoms with Gasteiger partial charge in [0.05, 0.1) is 24.5 Å². The fraction of sp³-hybridized carbons (Fsp3) is 0.133. The van der Waals surface area contributed by atoms with Crippen LogP contribution in [0.15, 0.2) is 54.9 Å². The molecule has 3 rings (SSSR count). The molecular weight excluding hydrogens is 294 g/mol. The van der Waals surface area contributed by atoms with Crippen molar-refractivity contribution in [3.05, 3.63) is 60.7 Å². The maximum absolute atomic E-state index is 11.9. The Bertz CT molecular complexity index is 758. The van der Waals surface area contributed by atoms with Gasteiger partial charge >= 0.3 is 0 Å². The predicted molar refractivity (Wildman–Crippen MR) is 83.7 cm³/mol. The van der Waals surface area contributed by atoms with Crippen molar-refractivity contribution in [2.45, 2.75) is 6.54 Å². The minimum atomic E-state index is -0.156. The van der Waals surface area contributed by atoms with E-state index < -0.39 is 0 Å². The van der Waals surface area contributed by atoms with E-state index in [0.29, 0.717) is 5.82 Å². The molecule has 23 heavy (non-hydrogen) atoms. The van der Waals surface area contributed by atoms with E-state index in [1.807, 2.05) is 36.4 Å². The molecule has 116 valence electrons. The van der Waals surface area contributed by atoms with Crippen LogP contribution in [0.25, 0.3) is 5.69 Å². The highest BCUT2D eigenvalue weighted by atomic mass is 16.1. The lowest BCUT2D eigenvalue weighted by Gasteiger charge is -2.07. The lowest BCUT2D eigenvalue weighted by atomic mass is 10.3. The lowest BCUT2D eigenvalue weighted by molar-refractivity contribution is -0.119. The molecule has 0 fully saturated rings. The number of para-hydroxylation sites is 1. The minimum Gasteiger partial charge on any atom is -0.375 e. The van der Waals surface area contributed by atoms with E-state index >= 15 is 0 Å². The van der Waals surface area contributed by atoms with Crippen molar-refractivity contribution < 1.29 is 4.79 Å². The van der Waals surface area contributed by atoms with Crippen molar-refractivity contribution in [2.24, 2.45) is 0 Å². The van der Waals surface area contributed by atoms with Gasteiger partial charge in [0.1, 0.15) is 0 Å². The van der Waals surface area contributed by atoms with Crippen LogP contribution in [0.4, 0.5) is 5.69 Å². The fourth-order valence-corrected chi connectivity index (χ4v) is 1.98. The topological polar surface area (TPSA) is 97.6 Å². The molecule has 0 aliphatic rings. The maximum Gasteiger partial charge on any atom is 0.239 e. The first-order chi connectivity index (χ1) is 11.3. The minimum absolute atomic E-state index is 0.151. The Labute approximate surface area is 132 Å².